The Hall–Kier alpha value is -0.600. The number of allylic oxidation sites excluding steroid dienone is 4. The molecule has 0 radical (unpaired) electrons. The summed E-state index contributed by atoms with van der Waals surface area (Å²) in [7, 11) is 0. The molecule has 0 aliphatic carbocycles. The SMILES string of the molecule is CCCCCCCC/C=C\CCCCCCCC[N+]1(CCCCCCCC/C=C\CCCCCCCC)CCOCC1. The monoisotopic (exact) mass is 589 g/mol. The van der Waals surface area contributed by atoms with Gasteiger partial charge in [-0.3, -0.25) is 0 Å². The average molecular weight is 589 g/mol. The van der Waals surface area contributed by atoms with E-state index in [0.29, 0.717) is 0 Å². The fourth-order valence-corrected chi connectivity index (χ4v) is 6.68. The highest BCUT2D eigenvalue weighted by atomic mass is 16.5. The van der Waals surface area contributed by atoms with Crippen LogP contribution in [0.15, 0.2) is 24.3 Å². The maximum Gasteiger partial charge on any atom is 0.102 e. The van der Waals surface area contributed by atoms with Gasteiger partial charge in [0.25, 0.3) is 0 Å². The van der Waals surface area contributed by atoms with Crippen LogP contribution >= 0.6 is 0 Å². The standard InChI is InChI=1S/C40H78NO/c1-3-5-7-9-11-13-15-17-19-21-23-25-27-29-31-33-35-41(37-39-42-40-38-41)36-34-32-30-28-26-24-22-20-18-16-14-12-10-8-6-4-2/h17-20H,3-16,21-40H2,1-2H3/q+1/b19-17-,20-18-. The average Bonchev–Trinajstić information content (AvgIpc) is 3.01. The van der Waals surface area contributed by atoms with E-state index in [1.54, 1.807) is 0 Å². The molecule has 1 saturated heterocycles. The first-order valence-corrected chi connectivity index (χ1v) is 19.6. The van der Waals surface area contributed by atoms with E-state index in [-0.39, 0.29) is 0 Å². The molecule has 0 aromatic carbocycles. The number of ether oxygens (including phenoxy) is 1. The highest BCUT2D eigenvalue weighted by molar-refractivity contribution is 4.82. The van der Waals surface area contributed by atoms with Gasteiger partial charge < -0.3 is 9.22 Å². The van der Waals surface area contributed by atoms with Gasteiger partial charge in [-0.2, -0.15) is 0 Å². The van der Waals surface area contributed by atoms with Crippen LogP contribution in [0.25, 0.3) is 0 Å². The Bertz CT molecular complexity index is 532. The molecule has 0 saturated carbocycles. The second kappa shape index (κ2) is 31.8. The number of morpholine rings is 1. The van der Waals surface area contributed by atoms with E-state index >= 15 is 0 Å². The lowest BCUT2D eigenvalue weighted by Gasteiger charge is -2.41. The van der Waals surface area contributed by atoms with Crippen LogP contribution in [0.1, 0.15) is 194 Å². The van der Waals surface area contributed by atoms with Crippen LogP contribution in [0.5, 0.6) is 0 Å². The fourth-order valence-electron chi connectivity index (χ4n) is 6.68. The van der Waals surface area contributed by atoms with Gasteiger partial charge >= 0.3 is 0 Å². The third-order valence-electron chi connectivity index (χ3n) is 9.71. The van der Waals surface area contributed by atoms with Gasteiger partial charge in [-0.1, -0.05) is 141 Å². The lowest BCUT2D eigenvalue weighted by atomic mass is 10.1. The molecule has 0 aromatic rings. The minimum atomic E-state index is 0.985. The molecule has 2 nitrogen and oxygen atoms in total. The number of rotatable bonds is 32. The van der Waals surface area contributed by atoms with Crippen molar-refractivity contribution in [1.29, 1.82) is 0 Å². The van der Waals surface area contributed by atoms with E-state index in [9.17, 15) is 0 Å². The van der Waals surface area contributed by atoms with Gasteiger partial charge in [0.05, 0.1) is 26.3 Å². The summed E-state index contributed by atoms with van der Waals surface area (Å²) < 4.78 is 7.12. The van der Waals surface area contributed by atoms with E-state index in [1.165, 1.54) is 210 Å². The molecule has 0 bridgehead atoms. The Morgan fingerprint density at radius 3 is 1.00 bits per heavy atom. The molecule has 0 aromatic heterocycles. The van der Waals surface area contributed by atoms with Crippen molar-refractivity contribution in [3.63, 3.8) is 0 Å². The number of quaternary nitrogens is 1. The molecule has 1 heterocycles. The van der Waals surface area contributed by atoms with Crippen LogP contribution in [0, 0.1) is 0 Å². The van der Waals surface area contributed by atoms with Crippen LogP contribution in [-0.4, -0.2) is 43.9 Å². The van der Waals surface area contributed by atoms with Crippen molar-refractivity contribution in [2.24, 2.45) is 0 Å². The zero-order valence-electron chi connectivity index (χ0n) is 29.2. The molecule has 42 heavy (non-hydrogen) atoms. The predicted octanol–water partition coefficient (Wildman–Crippen LogP) is 12.9. The highest BCUT2D eigenvalue weighted by Gasteiger charge is 2.29. The molecule has 248 valence electrons. The summed E-state index contributed by atoms with van der Waals surface area (Å²) in [5.41, 5.74) is 0. The van der Waals surface area contributed by atoms with Crippen LogP contribution < -0.4 is 0 Å². The maximum absolute atomic E-state index is 5.76. The zero-order chi connectivity index (χ0) is 30.1. The normalized spacial score (nSPS) is 15.4. The van der Waals surface area contributed by atoms with E-state index in [2.05, 4.69) is 38.2 Å². The van der Waals surface area contributed by atoms with Gasteiger partial charge in [0.1, 0.15) is 13.1 Å². The van der Waals surface area contributed by atoms with E-state index < -0.39 is 0 Å². The topological polar surface area (TPSA) is 9.23 Å². The number of hydrogen-bond donors (Lipinski definition) is 0. The van der Waals surface area contributed by atoms with Crippen LogP contribution in [-0.2, 0) is 4.74 Å². The molecule has 0 atom stereocenters. The summed E-state index contributed by atoms with van der Waals surface area (Å²) in [6, 6.07) is 0. The molecule has 0 unspecified atom stereocenters. The minimum absolute atomic E-state index is 0.985. The maximum atomic E-state index is 5.76. The lowest BCUT2D eigenvalue weighted by Crippen LogP contribution is -2.56. The Morgan fingerprint density at radius 2 is 0.667 bits per heavy atom. The third kappa shape index (κ3) is 25.9. The largest absolute Gasteiger partial charge is 0.370 e. The molecular formula is C40H78NO+. The lowest BCUT2D eigenvalue weighted by molar-refractivity contribution is -0.935. The second-order valence-electron chi connectivity index (χ2n) is 13.7. The highest BCUT2D eigenvalue weighted by Crippen LogP contribution is 2.18. The van der Waals surface area contributed by atoms with Gasteiger partial charge in [0.2, 0.25) is 0 Å². The molecule has 1 rings (SSSR count). The molecule has 1 fully saturated rings. The van der Waals surface area contributed by atoms with Crippen molar-refractivity contribution in [2.75, 3.05) is 39.4 Å². The van der Waals surface area contributed by atoms with Gasteiger partial charge in [0.15, 0.2) is 0 Å². The smallest absolute Gasteiger partial charge is 0.102 e. The minimum Gasteiger partial charge on any atom is -0.370 e. The molecule has 0 amide bonds. The van der Waals surface area contributed by atoms with E-state index in [0.717, 1.165) is 13.2 Å². The molecular weight excluding hydrogens is 510 g/mol. The summed E-state index contributed by atoms with van der Waals surface area (Å²) in [5, 5.41) is 0. The zero-order valence-corrected chi connectivity index (χ0v) is 29.2. The first-order chi connectivity index (χ1) is 20.8. The van der Waals surface area contributed by atoms with Crippen molar-refractivity contribution in [3.8, 4) is 0 Å². The molecule has 0 spiro atoms. The van der Waals surface area contributed by atoms with Gasteiger partial charge in [0, 0.05) is 0 Å². The summed E-state index contributed by atoms with van der Waals surface area (Å²) >= 11 is 0. The Morgan fingerprint density at radius 1 is 0.381 bits per heavy atom. The van der Waals surface area contributed by atoms with Crippen molar-refractivity contribution in [2.45, 2.75) is 194 Å². The summed E-state index contributed by atoms with van der Waals surface area (Å²) in [5.74, 6) is 0. The summed E-state index contributed by atoms with van der Waals surface area (Å²) in [6.45, 7) is 11.9. The fraction of sp³-hybridized carbons (Fsp3) is 0.900. The van der Waals surface area contributed by atoms with Crippen LogP contribution in [0.3, 0.4) is 0 Å². The molecule has 0 N–H and O–H groups in total. The van der Waals surface area contributed by atoms with E-state index in [1.807, 2.05) is 0 Å². The van der Waals surface area contributed by atoms with Crippen molar-refractivity contribution >= 4 is 0 Å². The first kappa shape index (κ1) is 39.4. The molecule has 1 aliphatic heterocycles. The van der Waals surface area contributed by atoms with Crippen LogP contribution in [0.2, 0.25) is 0 Å². The third-order valence-corrected chi connectivity index (χ3v) is 9.71. The van der Waals surface area contributed by atoms with Crippen molar-refractivity contribution in [1.82, 2.24) is 0 Å². The van der Waals surface area contributed by atoms with Crippen LogP contribution in [0.4, 0.5) is 0 Å². The Labute approximate surface area is 266 Å². The predicted molar refractivity (Wildman–Crippen MR) is 189 cm³/mol. The second-order valence-corrected chi connectivity index (χ2v) is 13.7. The van der Waals surface area contributed by atoms with Crippen molar-refractivity contribution in [3.05, 3.63) is 24.3 Å². The quantitative estimate of drug-likeness (QED) is 0.0431. The first-order valence-electron chi connectivity index (χ1n) is 19.6. The van der Waals surface area contributed by atoms with Gasteiger partial charge in [-0.15, -0.1) is 0 Å². The van der Waals surface area contributed by atoms with Crippen molar-refractivity contribution < 1.29 is 9.22 Å². The van der Waals surface area contributed by atoms with E-state index in [4.69, 9.17) is 4.74 Å². The molecule has 2 heteroatoms. The Kier molecular flexibility index (Phi) is 29.9. The number of hydrogen-bond acceptors (Lipinski definition) is 1. The summed E-state index contributed by atoms with van der Waals surface area (Å²) in [6.07, 6.45) is 49.0. The number of nitrogens with zero attached hydrogens (tertiary/aromatic N) is 1. The van der Waals surface area contributed by atoms with Gasteiger partial charge in [-0.05, 0) is 77.0 Å². The molecule has 1 aliphatic rings. The number of unbranched alkanes of at least 4 members (excludes halogenated alkanes) is 24. The Balaban J connectivity index is 1.95. The van der Waals surface area contributed by atoms with Gasteiger partial charge in [-0.25, -0.2) is 0 Å². The summed E-state index contributed by atoms with van der Waals surface area (Å²) in [4.78, 5) is 0.